The third-order valence-electron chi connectivity index (χ3n) is 3.35. The summed E-state index contributed by atoms with van der Waals surface area (Å²) < 4.78 is 19.6. The van der Waals surface area contributed by atoms with Crippen molar-refractivity contribution in [1.82, 2.24) is 5.32 Å². The van der Waals surface area contributed by atoms with Gasteiger partial charge >= 0.3 is 0 Å². The Balaban J connectivity index is 2.09. The molecule has 0 saturated carbocycles. The first-order chi connectivity index (χ1) is 8.20. The highest BCUT2D eigenvalue weighted by molar-refractivity contribution is 9.10. The van der Waals surface area contributed by atoms with Crippen molar-refractivity contribution in [2.75, 3.05) is 20.3 Å². The lowest BCUT2D eigenvalue weighted by Gasteiger charge is -2.22. The summed E-state index contributed by atoms with van der Waals surface area (Å²) in [5, 5.41) is 3.32. The van der Waals surface area contributed by atoms with Gasteiger partial charge in [-0.3, -0.25) is 0 Å². The minimum atomic E-state index is -0.180. The van der Waals surface area contributed by atoms with E-state index in [0.29, 0.717) is 12.0 Å². The number of hydrogen-bond donors (Lipinski definition) is 1. The van der Waals surface area contributed by atoms with E-state index in [1.54, 1.807) is 12.1 Å². The molecule has 1 aromatic carbocycles. The second-order valence-electron chi connectivity index (χ2n) is 4.46. The van der Waals surface area contributed by atoms with E-state index in [2.05, 4.69) is 21.2 Å². The van der Waals surface area contributed by atoms with Gasteiger partial charge < -0.3 is 10.1 Å². The summed E-state index contributed by atoms with van der Waals surface area (Å²) in [6, 6.07) is 5.18. The number of likely N-dealkylation sites (N-methyl/N-ethyl adjacent to an activating group) is 1. The number of rotatable bonds is 4. The normalized spacial score (nSPS) is 21.7. The Hall–Kier alpha value is -0.450. The molecule has 2 nitrogen and oxygen atoms in total. The lowest BCUT2D eigenvalue weighted by atomic mass is 9.93. The van der Waals surface area contributed by atoms with Crippen LogP contribution >= 0.6 is 15.9 Å². The second-order valence-corrected chi connectivity index (χ2v) is 5.31. The zero-order chi connectivity index (χ0) is 12.3. The lowest BCUT2D eigenvalue weighted by Crippen LogP contribution is -2.36. The van der Waals surface area contributed by atoms with Crippen LogP contribution in [0, 0.1) is 11.7 Å². The molecule has 0 bridgehead atoms. The predicted octanol–water partition coefficient (Wildman–Crippen LogP) is 2.76. The predicted molar refractivity (Wildman–Crippen MR) is 69.6 cm³/mol. The largest absolute Gasteiger partial charge is 0.381 e. The molecule has 1 N–H and O–H groups in total. The van der Waals surface area contributed by atoms with Gasteiger partial charge in [0.2, 0.25) is 0 Å². The van der Waals surface area contributed by atoms with Crippen LogP contribution in [0.4, 0.5) is 4.39 Å². The molecule has 1 aliphatic rings. The van der Waals surface area contributed by atoms with Crippen molar-refractivity contribution in [2.45, 2.75) is 18.9 Å². The average molecular weight is 302 g/mol. The fourth-order valence-corrected chi connectivity index (χ4v) is 2.72. The van der Waals surface area contributed by atoms with Crippen LogP contribution in [0.25, 0.3) is 0 Å². The van der Waals surface area contributed by atoms with Crippen LogP contribution in [0.2, 0.25) is 0 Å². The smallest absolute Gasteiger partial charge is 0.123 e. The Labute approximate surface area is 110 Å². The van der Waals surface area contributed by atoms with E-state index >= 15 is 0 Å². The molecular formula is C13H17BrFNO. The van der Waals surface area contributed by atoms with Gasteiger partial charge in [0.05, 0.1) is 6.61 Å². The number of hydrogen-bond acceptors (Lipinski definition) is 2. The quantitative estimate of drug-likeness (QED) is 0.923. The summed E-state index contributed by atoms with van der Waals surface area (Å²) in [5.41, 5.74) is 1.01. The standard InChI is InChI=1S/C13H17BrFNO/c1-16-13(9-4-5-17-8-9)7-10-6-11(15)2-3-12(10)14/h2-3,6,9,13,16H,4-5,7-8H2,1H3. The fraction of sp³-hybridized carbons (Fsp3) is 0.538. The van der Waals surface area contributed by atoms with E-state index in [4.69, 9.17) is 4.74 Å². The van der Waals surface area contributed by atoms with Gasteiger partial charge in [-0.15, -0.1) is 0 Å². The maximum Gasteiger partial charge on any atom is 0.123 e. The third-order valence-corrected chi connectivity index (χ3v) is 4.13. The first kappa shape index (κ1) is 13.0. The summed E-state index contributed by atoms with van der Waals surface area (Å²) >= 11 is 3.47. The SMILES string of the molecule is CNC(Cc1cc(F)ccc1Br)C1CCOC1. The maximum atomic E-state index is 13.2. The Morgan fingerprint density at radius 3 is 3.06 bits per heavy atom. The maximum absolute atomic E-state index is 13.2. The van der Waals surface area contributed by atoms with Crippen molar-refractivity contribution >= 4 is 15.9 Å². The molecule has 1 aliphatic heterocycles. The molecule has 17 heavy (non-hydrogen) atoms. The molecule has 0 aliphatic carbocycles. The van der Waals surface area contributed by atoms with Crippen molar-refractivity contribution in [2.24, 2.45) is 5.92 Å². The lowest BCUT2D eigenvalue weighted by molar-refractivity contribution is 0.177. The Morgan fingerprint density at radius 2 is 2.41 bits per heavy atom. The van der Waals surface area contributed by atoms with Gasteiger partial charge in [0.1, 0.15) is 5.82 Å². The van der Waals surface area contributed by atoms with Gasteiger partial charge in [-0.2, -0.15) is 0 Å². The van der Waals surface area contributed by atoms with Gasteiger partial charge in [0, 0.05) is 23.0 Å². The van der Waals surface area contributed by atoms with Gasteiger partial charge in [-0.1, -0.05) is 15.9 Å². The fourth-order valence-electron chi connectivity index (χ4n) is 2.31. The first-order valence-electron chi connectivity index (χ1n) is 5.89. The van der Waals surface area contributed by atoms with Crippen LogP contribution in [-0.2, 0) is 11.2 Å². The Kier molecular flexibility index (Phi) is 4.54. The number of benzene rings is 1. The van der Waals surface area contributed by atoms with Crippen molar-refractivity contribution < 1.29 is 9.13 Å². The minimum Gasteiger partial charge on any atom is -0.381 e. The molecule has 2 atom stereocenters. The molecule has 1 saturated heterocycles. The molecule has 0 amide bonds. The zero-order valence-corrected chi connectivity index (χ0v) is 11.5. The van der Waals surface area contributed by atoms with Crippen molar-refractivity contribution in [3.8, 4) is 0 Å². The molecule has 2 unspecified atom stereocenters. The van der Waals surface area contributed by atoms with Crippen molar-refractivity contribution in [3.63, 3.8) is 0 Å². The van der Waals surface area contributed by atoms with Crippen LogP contribution in [0.3, 0.4) is 0 Å². The van der Waals surface area contributed by atoms with Gasteiger partial charge in [-0.25, -0.2) is 4.39 Å². The van der Waals surface area contributed by atoms with Gasteiger partial charge in [0.25, 0.3) is 0 Å². The van der Waals surface area contributed by atoms with E-state index in [-0.39, 0.29) is 5.82 Å². The Morgan fingerprint density at radius 1 is 1.59 bits per heavy atom. The van der Waals surface area contributed by atoms with E-state index in [1.807, 2.05) is 7.05 Å². The van der Waals surface area contributed by atoms with Crippen molar-refractivity contribution in [3.05, 3.63) is 34.1 Å². The summed E-state index contributed by atoms with van der Waals surface area (Å²) in [5.74, 6) is 0.343. The molecule has 0 spiro atoms. The van der Waals surface area contributed by atoms with Gasteiger partial charge in [-0.05, 0) is 43.7 Å². The summed E-state index contributed by atoms with van der Waals surface area (Å²) in [7, 11) is 1.95. The van der Waals surface area contributed by atoms with Crippen LogP contribution in [0.5, 0.6) is 0 Å². The average Bonchev–Trinajstić information content (AvgIpc) is 2.84. The van der Waals surface area contributed by atoms with E-state index < -0.39 is 0 Å². The van der Waals surface area contributed by atoms with E-state index in [0.717, 1.165) is 36.1 Å². The molecule has 94 valence electrons. The topological polar surface area (TPSA) is 21.3 Å². The minimum absolute atomic E-state index is 0.180. The molecular weight excluding hydrogens is 285 g/mol. The molecule has 4 heteroatoms. The summed E-state index contributed by atoms with van der Waals surface area (Å²) in [6.07, 6.45) is 1.90. The number of nitrogens with one attached hydrogen (secondary N) is 1. The molecule has 0 aromatic heterocycles. The Bertz CT molecular complexity index is 380. The summed E-state index contributed by atoms with van der Waals surface area (Å²) in [6.45, 7) is 1.64. The number of ether oxygens (including phenoxy) is 1. The zero-order valence-electron chi connectivity index (χ0n) is 9.88. The van der Waals surface area contributed by atoms with Crippen LogP contribution in [0.15, 0.2) is 22.7 Å². The summed E-state index contributed by atoms with van der Waals surface area (Å²) in [4.78, 5) is 0. The van der Waals surface area contributed by atoms with Crippen LogP contribution in [0.1, 0.15) is 12.0 Å². The molecule has 1 heterocycles. The van der Waals surface area contributed by atoms with Crippen LogP contribution < -0.4 is 5.32 Å². The highest BCUT2D eigenvalue weighted by Gasteiger charge is 2.25. The molecule has 1 fully saturated rings. The van der Waals surface area contributed by atoms with Crippen molar-refractivity contribution in [1.29, 1.82) is 0 Å². The molecule has 2 rings (SSSR count). The second kappa shape index (κ2) is 5.94. The first-order valence-corrected chi connectivity index (χ1v) is 6.69. The highest BCUT2D eigenvalue weighted by Crippen LogP contribution is 2.24. The number of halogens is 2. The van der Waals surface area contributed by atoms with E-state index in [1.165, 1.54) is 6.07 Å². The van der Waals surface area contributed by atoms with Crippen LogP contribution in [-0.4, -0.2) is 26.3 Å². The van der Waals surface area contributed by atoms with Gasteiger partial charge in [0.15, 0.2) is 0 Å². The monoisotopic (exact) mass is 301 g/mol. The molecule has 1 aromatic rings. The van der Waals surface area contributed by atoms with E-state index in [9.17, 15) is 4.39 Å². The third kappa shape index (κ3) is 3.27. The molecule has 0 radical (unpaired) electrons. The highest BCUT2D eigenvalue weighted by atomic mass is 79.9.